The summed E-state index contributed by atoms with van der Waals surface area (Å²) in [6, 6.07) is 0. The molecule has 24 heavy (non-hydrogen) atoms. The van der Waals surface area contributed by atoms with Gasteiger partial charge in [0.25, 0.3) is 0 Å². The molecule has 0 unspecified atom stereocenters. The summed E-state index contributed by atoms with van der Waals surface area (Å²) in [6.07, 6.45) is 0. The van der Waals surface area contributed by atoms with Crippen LogP contribution >= 0.6 is 0 Å². The molecule has 0 aromatic heterocycles. The van der Waals surface area contributed by atoms with Crippen LogP contribution in [0, 0.1) is 32.5 Å². The third kappa shape index (κ3) is 1.54. The van der Waals surface area contributed by atoms with Gasteiger partial charge in [-0.05, 0) is 54.8 Å². The molecule has 2 aliphatic rings. The summed E-state index contributed by atoms with van der Waals surface area (Å²) in [6.45, 7) is 34.9. The Balaban J connectivity index is 3.26. The second-order valence-electron chi connectivity index (χ2n) is 11.2. The van der Waals surface area contributed by atoms with E-state index in [4.69, 9.17) is 0 Å². The van der Waals surface area contributed by atoms with Crippen LogP contribution in [-0.2, 0) is 0 Å². The second-order valence-corrected chi connectivity index (χ2v) is 11.2. The molecule has 0 radical (unpaired) electrons. The van der Waals surface area contributed by atoms with E-state index in [9.17, 15) is 0 Å². The zero-order chi connectivity index (χ0) is 19.3. The number of rotatable bonds is 0. The predicted octanol–water partition coefficient (Wildman–Crippen LogP) is 7.80. The smallest absolute Gasteiger partial charge is 0.0149 e. The molecular weight excluding hydrogens is 288 g/mol. The van der Waals surface area contributed by atoms with Crippen molar-refractivity contribution in [2.75, 3.05) is 0 Å². The van der Waals surface area contributed by atoms with Gasteiger partial charge in [0.15, 0.2) is 0 Å². The zero-order valence-corrected chi connectivity index (χ0v) is 19.0. The molecule has 0 saturated heterocycles. The van der Waals surface area contributed by atoms with Crippen LogP contribution in [0.2, 0.25) is 0 Å². The Morgan fingerprint density at radius 3 is 1.00 bits per heavy atom. The van der Waals surface area contributed by atoms with Crippen molar-refractivity contribution in [1.29, 1.82) is 0 Å². The van der Waals surface area contributed by atoms with Crippen molar-refractivity contribution in [3.05, 3.63) is 22.3 Å². The van der Waals surface area contributed by atoms with Crippen LogP contribution in [0.1, 0.15) is 96.9 Å². The van der Waals surface area contributed by atoms with Crippen LogP contribution in [0.15, 0.2) is 22.3 Å². The van der Waals surface area contributed by atoms with E-state index in [0.717, 1.165) is 0 Å². The average molecular weight is 331 g/mol. The molecule has 0 heterocycles. The molecule has 0 aromatic rings. The van der Waals surface area contributed by atoms with Crippen LogP contribution in [0.25, 0.3) is 0 Å². The van der Waals surface area contributed by atoms with E-state index in [-0.39, 0.29) is 32.5 Å². The summed E-state index contributed by atoms with van der Waals surface area (Å²) in [5, 5.41) is 0. The first-order valence-corrected chi connectivity index (χ1v) is 9.75. The van der Waals surface area contributed by atoms with Crippen molar-refractivity contribution in [2.45, 2.75) is 96.9 Å². The summed E-state index contributed by atoms with van der Waals surface area (Å²) < 4.78 is 0. The molecule has 138 valence electrons. The third-order valence-corrected chi connectivity index (χ3v) is 11.1. The van der Waals surface area contributed by atoms with Gasteiger partial charge in [-0.15, -0.1) is 0 Å². The number of hydrogen-bond acceptors (Lipinski definition) is 0. The lowest BCUT2D eigenvalue weighted by Crippen LogP contribution is -2.60. The molecule has 2 bridgehead atoms. The minimum atomic E-state index is 0.0907. The van der Waals surface area contributed by atoms with Crippen molar-refractivity contribution < 1.29 is 0 Å². The van der Waals surface area contributed by atoms with E-state index in [1.165, 1.54) is 0 Å². The van der Waals surface area contributed by atoms with Gasteiger partial charge >= 0.3 is 0 Å². The van der Waals surface area contributed by atoms with E-state index >= 15 is 0 Å². The van der Waals surface area contributed by atoms with Gasteiger partial charge in [0.2, 0.25) is 0 Å². The topological polar surface area (TPSA) is 0 Å². The first-order valence-electron chi connectivity index (χ1n) is 9.75. The maximum atomic E-state index is 2.58. The molecule has 0 fully saturated rings. The second kappa shape index (κ2) is 4.60. The first kappa shape index (κ1) is 19.8. The highest BCUT2D eigenvalue weighted by atomic mass is 14.7. The highest BCUT2D eigenvalue weighted by Gasteiger charge is 2.71. The molecule has 0 heteroatoms. The average Bonchev–Trinajstić information content (AvgIpc) is 2.49. The monoisotopic (exact) mass is 330 g/mol. The van der Waals surface area contributed by atoms with Gasteiger partial charge in [0, 0.05) is 5.41 Å². The van der Waals surface area contributed by atoms with Crippen LogP contribution in [0.4, 0.5) is 0 Å². The highest BCUT2D eigenvalue weighted by Crippen LogP contribution is 2.79. The molecule has 0 atom stereocenters. The fourth-order valence-electron chi connectivity index (χ4n) is 7.25. The Morgan fingerprint density at radius 1 is 0.417 bits per heavy atom. The lowest BCUT2D eigenvalue weighted by molar-refractivity contribution is -0.158. The molecule has 0 spiro atoms. The van der Waals surface area contributed by atoms with Gasteiger partial charge in [-0.25, -0.2) is 0 Å². The highest BCUT2D eigenvalue weighted by molar-refractivity contribution is 5.47. The first-order chi connectivity index (χ1) is 10.4. The standard InChI is InChI=1S/C24H42/c1-15-17(3)23(13)18(4)16(2)20(7,8)24(14,19(15,5)6)22(11,12)21(23,9)10/h1-14H3. The molecule has 0 saturated carbocycles. The lowest BCUT2D eigenvalue weighted by Gasteiger charge is -2.66. The van der Waals surface area contributed by atoms with Gasteiger partial charge in [-0.1, -0.05) is 91.5 Å². The minimum Gasteiger partial charge on any atom is -0.0673 e. The Bertz CT molecular complexity index is 606. The molecule has 2 aliphatic carbocycles. The van der Waals surface area contributed by atoms with Gasteiger partial charge < -0.3 is 0 Å². The molecule has 0 nitrogen and oxygen atoms in total. The Labute approximate surface area is 152 Å². The summed E-state index contributed by atoms with van der Waals surface area (Å²) in [5.74, 6) is 0. The van der Waals surface area contributed by atoms with Gasteiger partial charge in [0.1, 0.15) is 0 Å². The Hall–Kier alpha value is -0.520. The van der Waals surface area contributed by atoms with Crippen molar-refractivity contribution in [3.8, 4) is 0 Å². The number of hydrogen-bond donors (Lipinski definition) is 0. The largest absolute Gasteiger partial charge is 0.0673 e. The van der Waals surface area contributed by atoms with E-state index in [0.29, 0.717) is 0 Å². The third-order valence-electron chi connectivity index (χ3n) is 11.1. The normalized spacial score (nSPS) is 39.8. The van der Waals surface area contributed by atoms with Gasteiger partial charge in [0.05, 0.1) is 0 Å². The van der Waals surface area contributed by atoms with E-state index < -0.39 is 0 Å². The zero-order valence-electron chi connectivity index (χ0n) is 19.0. The van der Waals surface area contributed by atoms with Crippen LogP contribution in [-0.4, -0.2) is 0 Å². The maximum Gasteiger partial charge on any atom is 0.0149 e. The Morgan fingerprint density at radius 2 is 0.708 bits per heavy atom. The SMILES string of the molecule is CC1=C(C)C2(C)C(C)=C(C)C(C)(C)C(C)(C1(C)C)C(C)(C)C2(C)C. The van der Waals surface area contributed by atoms with Gasteiger partial charge in [-0.2, -0.15) is 0 Å². The summed E-state index contributed by atoms with van der Waals surface area (Å²) in [7, 11) is 0. The molecular formula is C24H42. The Kier molecular flexibility index (Phi) is 3.80. The minimum absolute atomic E-state index is 0.0907. The van der Waals surface area contributed by atoms with E-state index in [1.807, 2.05) is 0 Å². The van der Waals surface area contributed by atoms with Crippen LogP contribution in [0.5, 0.6) is 0 Å². The van der Waals surface area contributed by atoms with Crippen molar-refractivity contribution in [2.24, 2.45) is 32.5 Å². The molecule has 2 rings (SSSR count). The molecule has 0 N–H and O–H groups in total. The predicted molar refractivity (Wildman–Crippen MR) is 108 cm³/mol. The molecule has 0 amide bonds. The fraction of sp³-hybridized carbons (Fsp3) is 0.833. The van der Waals surface area contributed by atoms with Crippen LogP contribution < -0.4 is 0 Å². The number of allylic oxidation sites excluding steroid dienone is 4. The quantitative estimate of drug-likeness (QED) is 0.397. The van der Waals surface area contributed by atoms with Crippen LogP contribution in [0.3, 0.4) is 0 Å². The maximum absolute atomic E-state index is 2.58. The van der Waals surface area contributed by atoms with E-state index in [2.05, 4.69) is 96.9 Å². The van der Waals surface area contributed by atoms with Crippen molar-refractivity contribution >= 4 is 0 Å². The molecule has 0 aliphatic heterocycles. The van der Waals surface area contributed by atoms with Crippen molar-refractivity contribution in [3.63, 3.8) is 0 Å². The van der Waals surface area contributed by atoms with Gasteiger partial charge in [-0.3, -0.25) is 0 Å². The lowest BCUT2D eigenvalue weighted by atomic mass is 9.38. The van der Waals surface area contributed by atoms with E-state index in [1.54, 1.807) is 22.3 Å². The summed E-state index contributed by atoms with van der Waals surface area (Å²) in [4.78, 5) is 0. The van der Waals surface area contributed by atoms with Crippen molar-refractivity contribution in [1.82, 2.24) is 0 Å². The fourth-order valence-corrected chi connectivity index (χ4v) is 7.25. The summed E-state index contributed by atoms with van der Waals surface area (Å²) >= 11 is 0. The summed E-state index contributed by atoms with van der Waals surface area (Å²) in [5.41, 5.74) is 7.24. The number of fused-ring (bicyclic) bond motifs is 3. The molecule has 0 aromatic carbocycles.